The number of methoxy groups -OCH3 is 1. The first-order valence-electron chi connectivity index (χ1n) is 7.45. The molecule has 0 atom stereocenters. The van der Waals surface area contributed by atoms with Crippen molar-refractivity contribution >= 4 is 11.8 Å². The van der Waals surface area contributed by atoms with E-state index in [0.29, 0.717) is 5.75 Å². The quantitative estimate of drug-likeness (QED) is 0.761. The number of amides is 2. The van der Waals surface area contributed by atoms with Gasteiger partial charge in [0.2, 0.25) is 11.8 Å². The molecule has 0 unspecified atom stereocenters. The fourth-order valence-corrected chi connectivity index (χ4v) is 2.14. The lowest BCUT2D eigenvalue weighted by molar-refractivity contribution is -0.128. The molecule has 1 aromatic heterocycles. The zero-order valence-corrected chi connectivity index (χ0v) is 13.3. The number of carbonyl (C=O) groups excluding carboxylic acids is 2. The average molecular weight is 329 g/mol. The third-order valence-electron chi connectivity index (χ3n) is 3.36. The topological polar surface area (TPSA) is 89.4 Å². The summed E-state index contributed by atoms with van der Waals surface area (Å²) in [5.41, 5.74) is 5.24. The molecule has 0 radical (unpaired) electrons. The van der Waals surface area contributed by atoms with Gasteiger partial charge in [0.1, 0.15) is 5.75 Å². The molecule has 7 heteroatoms. The monoisotopic (exact) mass is 329 g/mol. The van der Waals surface area contributed by atoms with Crippen molar-refractivity contribution in [2.45, 2.75) is 19.4 Å². The van der Waals surface area contributed by atoms with Crippen LogP contribution in [0.5, 0.6) is 5.75 Å². The van der Waals surface area contributed by atoms with Gasteiger partial charge in [-0.05, 0) is 12.1 Å². The maximum Gasteiger partial charge on any atom is 0.250 e. The van der Waals surface area contributed by atoms with Crippen LogP contribution in [0.4, 0.5) is 0 Å². The second-order valence-electron chi connectivity index (χ2n) is 5.07. The number of ether oxygens (including phenoxy) is 1. The summed E-state index contributed by atoms with van der Waals surface area (Å²) < 4.78 is 6.60. The molecule has 7 nitrogen and oxygen atoms in total. The zero-order chi connectivity index (χ0) is 17.4. The highest BCUT2D eigenvalue weighted by atomic mass is 16.5. The highest BCUT2D eigenvalue weighted by Gasteiger charge is 2.09. The van der Waals surface area contributed by atoms with Gasteiger partial charge in [0.05, 0.1) is 13.5 Å². The Morgan fingerprint density at radius 3 is 2.50 bits per heavy atom. The second-order valence-corrected chi connectivity index (χ2v) is 5.07. The van der Waals surface area contributed by atoms with Crippen molar-refractivity contribution in [2.75, 3.05) is 7.11 Å². The Labute approximate surface area is 139 Å². The van der Waals surface area contributed by atoms with E-state index in [9.17, 15) is 14.4 Å². The van der Waals surface area contributed by atoms with Crippen molar-refractivity contribution in [1.29, 1.82) is 0 Å². The largest absolute Gasteiger partial charge is 0.496 e. The van der Waals surface area contributed by atoms with E-state index in [0.717, 1.165) is 5.56 Å². The fraction of sp³-hybridized carbons (Fsp3) is 0.235. The van der Waals surface area contributed by atoms with Gasteiger partial charge < -0.3 is 9.30 Å². The Balaban J connectivity index is 1.78. The average Bonchev–Trinajstić information content (AvgIpc) is 2.59. The normalized spacial score (nSPS) is 10.0. The summed E-state index contributed by atoms with van der Waals surface area (Å²) in [7, 11) is 1.53. The van der Waals surface area contributed by atoms with Crippen LogP contribution >= 0.6 is 0 Å². The molecule has 2 rings (SSSR count). The molecule has 1 aromatic carbocycles. The minimum atomic E-state index is -0.376. The SMILES string of the molecule is COc1ccccc1CC(=O)NNC(=O)CCn1ccccc1=O. The van der Waals surface area contributed by atoms with Crippen molar-refractivity contribution in [1.82, 2.24) is 15.4 Å². The predicted octanol–water partition coefficient (Wildman–Crippen LogP) is 0.637. The number of carbonyl (C=O) groups is 2. The minimum Gasteiger partial charge on any atom is -0.496 e. The molecular formula is C17H19N3O4. The van der Waals surface area contributed by atoms with Gasteiger partial charge in [0.15, 0.2) is 0 Å². The van der Waals surface area contributed by atoms with Crippen LogP contribution in [0.2, 0.25) is 0 Å². The third-order valence-corrected chi connectivity index (χ3v) is 3.36. The van der Waals surface area contributed by atoms with Crippen LogP contribution in [0, 0.1) is 0 Å². The Bertz CT molecular complexity index is 770. The van der Waals surface area contributed by atoms with E-state index < -0.39 is 0 Å². The number of nitrogens with one attached hydrogen (secondary N) is 2. The summed E-state index contributed by atoms with van der Waals surface area (Å²) >= 11 is 0. The Morgan fingerprint density at radius 2 is 1.75 bits per heavy atom. The van der Waals surface area contributed by atoms with Crippen LogP contribution < -0.4 is 21.1 Å². The van der Waals surface area contributed by atoms with Crippen LogP contribution in [0.1, 0.15) is 12.0 Å². The van der Waals surface area contributed by atoms with Crippen LogP contribution in [0.25, 0.3) is 0 Å². The number of benzene rings is 1. The lowest BCUT2D eigenvalue weighted by Crippen LogP contribution is -2.42. The first-order chi connectivity index (χ1) is 11.6. The molecule has 2 N–H and O–H groups in total. The molecule has 2 aromatic rings. The van der Waals surface area contributed by atoms with Gasteiger partial charge in [-0.15, -0.1) is 0 Å². The summed E-state index contributed by atoms with van der Waals surface area (Å²) in [4.78, 5) is 35.1. The Morgan fingerprint density at radius 1 is 1.04 bits per heavy atom. The van der Waals surface area contributed by atoms with Crippen molar-refractivity contribution < 1.29 is 14.3 Å². The molecule has 0 aliphatic heterocycles. The van der Waals surface area contributed by atoms with E-state index in [-0.39, 0.29) is 36.8 Å². The first kappa shape index (κ1) is 17.3. The number of hydrogen-bond donors (Lipinski definition) is 2. The summed E-state index contributed by atoms with van der Waals surface area (Å²) in [6.07, 6.45) is 1.77. The molecule has 2 amide bonds. The molecule has 0 bridgehead atoms. The molecule has 0 aliphatic rings. The minimum absolute atomic E-state index is 0.0822. The number of para-hydroxylation sites is 1. The number of pyridine rings is 1. The molecule has 126 valence electrons. The Hall–Kier alpha value is -3.09. The van der Waals surface area contributed by atoms with Gasteiger partial charge in [-0.3, -0.25) is 25.2 Å². The van der Waals surface area contributed by atoms with Gasteiger partial charge in [0.25, 0.3) is 5.56 Å². The molecule has 0 saturated heterocycles. The first-order valence-corrected chi connectivity index (χ1v) is 7.45. The second kappa shape index (κ2) is 8.52. The summed E-state index contributed by atoms with van der Waals surface area (Å²) in [5, 5.41) is 0. The van der Waals surface area contributed by atoms with Gasteiger partial charge in [-0.1, -0.05) is 24.3 Å². The molecule has 1 heterocycles. The molecule has 0 aliphatic carbocycles. The van der Waals surface area contributed by atoms with E-state index in [1.165, 1.54) is 17.7 Å². The van der Waals surface area contributed by atoms with Crippen molar-refractivity contribution in [3.63, 3.8) is 0 Å². The molecule has 0 fully saturated rings. The fourth-order valence-electron chi connectivity index (χ4n) is 2.14. The maximum absolute atomic E-state index is 11.9. The number of aromatic nitrogens is 1. The Kier molecular flexibility index (Phi) is 6.13. The van der Waals surface area contributed by atoms with Crippen LogP contribution in [-0.2, 0) is 22.6 Å². The van der Waals surface area contributed by atoms with Crippen molar-refractivity contribution in [3.05, 3.63) is 64.6 Å². The van der Waals surface area contributed by atoms with E-state index in [1.54, 1.807) is 36.5 Å². The smallest absolute Gasteiger partial charge is 0.250 e. The van der Waals surface area contributed by atoms with E-state index in [2.05, 4.69) is 10.9 Å². The summed E-state index contributed by atoms with van der Waals surface area (Å²) in [6, 6.07) is 11.9. The van der Waals surface area contributed by atoms with Crippen molar-refractivity contribution in [3.8, 4) is 5.75 Å². The molecule has 0 spiro atoms. The van der Waals surface area contributed by atoms with E-state index >= 15 is 0 Å². The molecular weight excluding hydrogens is 310 g/mol. The summed E-state index contributed by atoms with van der Waals surface area (Å²) in [6.45, 7) is 0.244. The van der Waals surface area contributed by atoms with Gasteiger partial charge in [-0.2, -0.15) is 0 Å². The summed E-state index contributed by atoms with van der Waals surface area (Å²) in [5.74, 6) is -0.119. The maximum atomic E-state index is 11.9. The van der Waals surface area contributed by atoms with Gasteiger partial charge >= 0.3 is 0 Å². The lowest BCUT2D eigenvalue weighted by Gasteiger charge is -2.10. The molecule has 24 heavy (non-hydrogen) atoms. The van der Waals surface area contributed by atoms with Crippen molar-refractivity contribution in [2.24, 2.45) is 0 Å². The highest BCUT2D eigenvalue weighted by molar-refractivity contribution is 5.83. The van der Waals surface area contributed by atoms with E-state index in [1.807, 2.05) is 6.07 Å². The predicted molar refractivity (Wildman–Crippen MR) is 88.3 cm³/mol. The van der Waals surface area contributed by atoms with E-state index in [4.69, 9.17) is 4.74 Å². The van der Waals surface area contributed by atoms with Crippen LogP contribution in [0.15, 0.2) is 53.5 Å². The number of aryl methyl sites for hydroxylation is 1. The number of rotatable bonds is 6. The van der Waals surface area contributed by atoms with Crippen LogP contribution in [0.3, 0.4) is 0 Å². The molecule has 0 saturated carbocycles. The van der Waals surface area contributed by atoms with Gasteiger partial charge in [0, 0.05) is 30.8 Å². The number of nitrogens with zero attached hydrogens (tertiary/aromatic N) is 1. The number of hydrazine groups is 1. The highest BCUT2D eigenvalue weighted by Crippen LogP contribution is 2.17. The third kappa shape index (κ3) is 4.98. The standard InChI is InChI=1S/C17H19N3O4/c1-24-14-7-3-2-6-13(14)12-16(22)19-18-15(21)9-11-20-10-5-4-8-17(20)23/h2-8,10H,9,11-12H2,1H3,(H,18,21)(H,19,22). The zero-order valence-electron chi connectivity index (χ0n) is 13.3. The van der Waals surface area contributed by atoms with Crippen LogP contribution in [-0.4, -0.2) is 23.5 Å². The lowest BCUT2D eigenvalue weighted by atomic mass is 10.1. The van der Waals surface area contributed by atoms with Gasteiger partial charge in [-0.25, -0.2) is 0 Å². The number of hydrogen-bond acceptors (Lipinski definition) is 4.